The van der Waals surface area contributed by atoms with Gasteiger partial charge in [-0.05, 0) is 54.4 Å². The minimum atomic E-state index is -0.148. The molecule has 8 nitrogen and oxygen atoms in total. The minimum Gasteiger partial charge on any atom is -0.339 e. The number of hydrogen-bond donors (Lipinski definition) is 1. The van der Waals surface area contributed by atoms with E-state index in [2.05, 4.69) is 48.2 Å². The number of hydrogen-bond acceptors (Lipinski definition) is 6. The van der Waals surface area contributed by atoms with E-state index in [0.717, 1.165) is 31.7 Å². The van der Waals surface area contributed by atoms with Crippen molar-refractivity contribution in [2.24, 2.45) is 7.05 Å². The fourth-order valence-corrected chi connectivity index (χ4v) is 4.81. The third-order valence-electron chi connectivity index (χ3n) is 6.43. The zero-order valence-corrected chi connectivity index (χ0v) is 22.4. The summed E-state index contributed by atoms with van der Waals surface area (Å²) in [7, 11) is 3.97. The van der Waals surface area contributed by atoms with Crippen LogP contribution in [0.5, 0.6) is 0 Å². The monoisotopic (exact) mass is 506 g/mol. The van der Waals surface area contributed by atoms with E-state index in [0.29, 0.717) is 28.0 Å². The summed E-state index contributed by atoms with van der Waals surface area (Å²) in [5, 5.41) is 12.3. The maximum atomic E-state index is 12.7. The lowest BCUT2D eigenvalue weighted by atomic mass is 9.87. The molecule has 0 aliphatic carbocycles. The SMILES string of the molecule is CN1CCN(C(=O)CSc2nnc(-c3ccc(NC(=O)c4ccc(C(C)(C)C)cc4)cc3)n2C)CC1. The van der Waals surface area contributed by atoms with Crippen molar-refractivity contribution in [3.63, 3.8) is 0 Å². The highest BCUT2D eigenvalue weighted by Crippen LogP contribution is 2.25. The van der Waals surface area contributed by atoms with Crippen LogP contribution in [0.1, 0.15) is 36.7 Å². The third kappa shape index (κ3) is 6.14. The molecule has 2 heterocycles. The Balaban J connectivity index is 1.35. The van der Waals surface area contributed by atoms with E-state index < -0.39 is 0 Å². The summed E-state index contributed by atoms with van der Waals surface area (Å²) < 4.78 is 1.90. The van der Waals surface area contributed by atoms with Crippen molar-refractivity contribution in [1.29, 1.82) is 0 Å². The molecule has 1 aliphatic rings. The normalized spacial score (nSPS) is 14.6. The van der Waals surface area contributed by atoms with E-state index in [1.807, 2.05) is 65.0 Å². The molecule has 1 aliphatic heterocycles. The van der Waals surface area contributed by atoms with E-state index in [1.165, 1.54) is 17.3 Å². The first-order valence-corrected chi connectivity index (χ1v) is 13.1. The first-order valence-electron chi connectivity index (χ1n) is 12.1. The van der Waals surface area contributed by atoms with Gasteiger partial charge in [-0.2, -0.15) is 0 Å². The van der Waals surface area contributed by atoms with Crippen LogP contribution in [0.4, 0.5) is 5.69 Å². The summed E-state index contributed by atoms with van der Waals surface area (Å²) in [6.07, 6.45) is 0. The molecule has 0 saturated carbocycles. The lowest BCUT2D eigenvalue weighted by Gasteiger charge is -2.32. The Kier molecular flexibility index (Phi) is 7.80. The van der Waals surface area contributed by atoms with Gasteiger partial charge < -0.3 is 19.7 Å². The van der Waals surface area contributed by atoms with Crippen molar-refractivity contribution in [3.8, 4) is 11.4 Å². The van der Waals surface area contributed by atoms with Gasteiger partial charge in [0.25, 0.3) is 5.91 Å². The molecule has 36 heavy (non-hydrogen) atoms. The number of nitrogens with zero attached hydrogens (tertiary/aromatic N) is 5. The Morgan fingerprint density at radius 2 is 1.56 bits per heavy atom. The second-order valence-electron chi connectivity index (χ2n) is 10.2. The quantitative estimate of drug-likeness (QED) is 0.511. The fourth-order valence-electron chi connectivity index (χ4n) is 3.99. The van der Waals surface area contributed by atoms with Crippen LogP contribution in [-0.4, -0.2) is 75.4 Å². The average molecular weight is 507 g/mol. The average Bonchev–Trinajstić information content (AvgIpc) is 3.23. The molecule has 0 unspecified atom stereocenters. The molecule has 4 rings (SSSR count). The van der Waals surface area contributed by atoms with Crippen molar-refractivity contribution < 1.29 is 9.59 Å². The minimum absolute atomic E-state index is 0.0448. The van der Waals surface area contributed by atoms with Crippen LogP contribution in [0.15, 0.2) is 53.7 Å². The summed E-state index contributed by atoms with van der Waals surface area (Å²) in [4.78, 5) is 29.4. The van der Waals surface area contributed by atoms with Gasteiger partial charge >= 0.3 is 0 Å². The number of anilines is 1. The van der Waals surface area contributed by atoms with Crippen molar-refractivity contribution in [2.75, 3.05) is 44.3 Å². The Bertz CT molecular complexity index is 1210. The molecule has 1 N–H and O–H groups in total. The smallest absolute Gasteiger partial charge is 0.255 e. The van der Waals surface area contributed by atoms with Crippen molar-refractivity contribution in [2.45, 2.75) is 31.3 Å². The molecule has 1 saturated heterocycles. The highest BCUT2D eigenvalue weighted by atomic mass is 32.2. The molecule has 190 valence electrons. The van der Waals surface area contributed by atoms with Crippen molar-refractivity contribution in [1.82, 2.24) is 24.6 Å². The number of carbonyl (C=O) groups excluding carboxylic acids is 2. The van der Waals surface area contributed by atoms with Gasteiger partial charge in [0.1, 0.15) is 0 Å². The number of carbonyl (C=O) groups is 2. The van der Waals surface area contributed by atoms with Crippen LogP contribution in [0, 0.1) is 0 Å². The van der Waals surface area contributed by atoms with Crippen LogP contribution in [0.3, 0.4) is 0 Å². The molecular formula is C27H34N6O2S. The van der Waals surface area contributed by atoms with Gasteiger partial charge in [0.15, 0.2) is 11.0 Å². The Morgan fingerprint density at radius 3 is 2.17 bits per heavy atom. The second kappa shape index (κ2) is 10.8. The summed E-state index contributed by atoms with van der Waals surface area (Å²) in [5.74, 6) is 1.04. The van der Waals surface area contributed by atoms with Crippen LogP contribution in [0.2, 0.25) is 0 Å². The highest BCUT2D eigenvalue weighted by molar-refractivity contribution is 7.99. The molecule has 9 heteroatoms. The number of amides is 2. The maximum Gasteiger partial charge on any atom is 0.255 e. The van der Waals surface area contributed by atoms with Gasteiger partial charge in [0.2, 0.25) is 5.91 Å². The molecule has 3 aromatic rings. The topological polar surface area (TPSA) is 83.4 Å². The molecular weight excluding hydrogens is 472 g/mol. The summed E-state index contributed by atoms with van der Waals surface area (Å²) >= 11 is 1.40. The maximum absolute atomic E-state index is 12.7. The molecule has 2 aromatic carbocycles. The van der Waals surface area contributed by atoms with Gasteiger partial charge in [0, 0.05) is 50.0 Å². The fraction of sp³-hybridized carbons (Fsp3) is 0.407. The predicted octanol–water partition coefficient (Wildman–Crippen LogP) is 3.90. The van der Waals surface area contributed by atoms with Crippen LogP contribution in [0.25, 0.3) is 11.4 Å². The van der Waals surface area contributed by atoms with Gasteiger partial charge in [-0.15, -0.1) is 10.2 Å². The van der Waals surface area contributed by atoms with E-state index in [-0.39, 0.29) is 17.2 Å². The number of nitrogens with one attached hydrogen (secondary N) is 1. The molecule has 1 aromatic heterocycles. The lowest BCUT2D eigenvalue weighted by molar-refractivity contribution is -0.129. The Hall–Kier alpha value is -3.17. The van der Waals surface area contributed by atoms with Crippen LogP contribution >= 0.6 is 11.8 Å². The zero-order valence-electron chi connectivity index (χ0n) is 21.6. The van der Waals surface area contributed by atoms with E-state index in [9.17, 15) is 9.59 Å². The zero-order chi connectivity index (χ0) is 25.9. The predicted molar refractivity (Wildman–Crippen MR) is 144 cm³/mol. The number of likely N-dealkylation sites (N-methyl/N-ethyl adjacent to an activating group) is 1. The second-order valence-corrected chi connectivity index (χ2v) is 11.1. The summed E-state index contributed by atoms with van der Waals surface area (Å²) in [5.41, 5.74) is 3.44. The van der Waals surface area contributed by atoms with E-state index in [4.69, 9.17) is 0 Å². The van der Waals surface area contributed by atoms with E-state index >= 15 is 0 Å². The molecule has 0 bridgehead atoms. The van der Waals surface area contributed by atoms with Crippen LogP contribution < -0.4 is 5.32 Å². The molecule has 0 atom stereocenters. The molecule has 2 amide bonds. The van der Waals surface area contributed by atoms with Crippen molar-refractivity contribution in [3.05, 3.63) is 59.7 Å². The standard InChI is InChI=1S/C27H34N6O2S/c1-27(2,3)21-10-6-20(7-11-21)25(35)28-22-12-8-19(9-13-22)24-29-30-26(32(24)5)36-18-23(34)33-16-14-31(4)15-17-33/h6-13H,14-18H2,1-5H3,(H,28,35). The highest BCUT2D eigenvalue weighted by Gasteiger charge is 2.20. The number of thioether (sulfide) groups is 1. The largest absolute Gasteiger partial charge is 0.339 e. The first-order chi connectivity index (χ1) is 17.1. The van der Waals surface area contributed by atoms with Crippen molar-refractivity contribution >= 4 is 29.3 Å². The Morgan fingerprint density at radius 1 is 0.917 bits per heavy atom. The third-order valence-corrected chi connectivity index (χ3v) is 7.43. The lowest BCUT2D eigenvalue weighted by Crippen LogP contribution is -2.47. The molecule has 0 spiro atoms. The number of benzene rings is 2. The van der Waals surface area contributed by atoms with E-state index in [1.54, 1.807) is 0 Å². The number of aromatic nitrogens is 3. The van der Waals surface area contributed by atoms with Gasteiger partial charge in [0.05, 0.1) is 5.75 Å². The molecule has 0 radical (unpaired) electrons. The summed E-state index contributed by atoms with van der Waals surface area (Å²) in [6.45, 7) is 9.80. The summed E-state index contributed by atoms with van der Waals surface area (Å²) in [6, 6.07) is 15.2. The molecule has 1 fully saturated rings. The first kappa shape index (κ1) is 25.9. The Labute approximate surface area is 217 Å². The number of rotatable bonds is 6. The number of piperazine rings is 1. The van der Waals surface area contributed by atoms with Crippen LogP contribution in [-0.2, 0) is 17.3 Å². The van der Waals surface area contributed by atoms with Gasteiger partial charge in [-0.1, -0.05) is 44.7 Å². The van der Waals surface area contributed by atoms with Gasteiger partial charge in [-0.25, -0.2) is 0 Å². The van der Waals surface area contributed by atoms with Gasteiger partial charge in [-0.3, -0.25) is 9.59 Å².